The molecule has 1 fully saturated rings. The van der Waals surface area contributed by atoms with Gasteiger partial charge in [0.25, 0.3) is 0 Å². The van der Waals surface area contributed by atoms with Gasteiger partial charge in [-0.2, -0.15) is 5.10 Å². The lowest BCUT2D eigenvalue weighted by Gasteiger charge is -2.37. The summed E-state index contributed by atoms with van der Waals surface area (Å²) in [5, 5.41) is 4.39. The van der Waals surface area contributed by atoms with E-state index in [9.17, 15) is 4.79 Å². The van der Waals surface area contributed by atoms with E-state index >= 15 is 0 Å². The number of nitrogens with zero attached hydrogens (tertiary/aromatic N) is 3. The molecule has 22 heavy (non-hydrogen) atoms. The molecule has 0 bridgehead atoms. The number of anilines is 1. The zero-order valence-corrected chi connectivity index (χ0v) is 14.0. The Hall–Kier alpha value is -1.62. The Morgan fingerprint density at radius 2 is 2.05 bits per heavy atom. The molecule has 2 aromatic heterocycles. The number of fused-ring (bicyclic) bond motifs is 1. The fraction of sp³-hybridized carbons (Fsp3) is 0.529. The predicted molar refractivity (Wildman–Crippen MR) is 88.4 cm³/mol. The van der Waals surface area contributed by atoms with Gasteiger partial charge in [0.1, 0.15) is 5.82 Å². The molecule has 5 heteroatoms. The Morgan fingerprint density at radius 3 is 2.77 bits per heavy atom. The molecule has 1 aliphatic carbocycles. The van der Waals surface area contributed by atoms with Gasteiger partial charge in [-0.15, -0.1) is 11.3 Å². The molecule has 0 saturated heterocycles. The summed E-state index contributed by atoms with van der Waals surface area (Å²) in [6, 6.07) is 6.91. The standard InChI is InChI=1S/C17H21N3OS/c1-10-8-11(2)20-16(6-7-18-20)19(10)17(21)14-9-13(14)15-5-4-12(3)22-15/h4-7,10-11,13-14H,8-9H2,1-3H3/t10-,11-,13-,14+/m1/s1. The zero-order chi connectivity index (χ0) is 15.4. The fourth-order valence-corrected chi connectivity index (χ4v) is 4.76. The summed E-state index contributed by atoms with van der Waals surface area (Å²) in [6.07, 6.45) is 3.76. The molecule has 0 N–H and O–H groups in total. The minimum absolute atomic E-state index is 0.150. The Bertz CT molecular complexity index is 719. The van der Waals surface area contributed by atoms with E-state index in [1.54, 1.807) is 6.20 Å². The number of carbonyl (C=O) groups excluding carboxylic acids is 1. The Morgan fingerprint density at radius 1 is 1.23 bits per heavy atom. The second-order valence-corrected chi connectivity index (χ2v) is 7.99. The summed E-state index contributed by atoms with van der Waals surface area (Å²) in [5.41, 5.74) is 0. The number of thiophene rings is 1. The Kier molecular flexibility index (Phi) is 3.15. The monoisotopic (exact) mass is 315 g/mol. The molecule has 4 nitrogen and oxygen atoms in total. The van der Waals surface area contributed by atoms with Crippen LogP contribution in [-0.4, -0.2) is 21.7 Å². The van der Waals surface area contributed by atoms with E-state index in [2.05, 4.69) is 38.0 Å². The molecule has 1 saturated carbocycles. The number of aryl methyl sites for hydroxylation is 1. The fourth-order valence-electron chi connectivity index (χ4n) is 3.71. The van der Waals surface area contributed by atoms with Crippen molar-refractivity contribution >= 4 is 23.1 Å². The first-order valence-electron chi connectivity index (χ1n) is 7.99. The van der Waals surface area contributed by atoms with Gasteiger partial charge < -0.3 is 0 Å². The molecule has 1 aliphatic heterocycles. The lowest BCUT2D eigenvalue weighted by atomic mass is 10.0. The van der Waals surface area contributed by atoms with Crippen LogP contribution in [0.15, 0.2) is 24.4 Å². The number of aromatic nitrogens is 2. The van der Waals surface area contributed by atoms with Gasteiger partial charge in [0.15, 0.2) is 0 Å². The van der Waals surface area contributed by atoms with Crippen molar-refractivity contribution in [3.05, 3.63) is 34.2 Å². The molecule has 3 heterocycles. The highest BCUT2D eigenvalue weighted by molar-refractivity contribution is 7.12. The van der Waals surface area contributed by atoms with Crippen molar-refractivity contribution in [2.24, 2.45) is 5.92 Å². The minimum Gasteiger partial charge on any atom is -0.294 e. The average Bonchev–Trinajstić information content (AvgIpc) is 2.89. The van der Waals surface area contributed by atoms with Gasteiger partial charge in [-0.3, -0.25) is 9.69 Å². The van der Waals surface area contributed by atoms with E-state index in [0.717, 1.165) is 18.7 Å². The van der Waals surface area contributed by atoms with Crippen LogP contribution in [0, 0.1) is 12.8 Å². The van der Waals surface area contributed by atoms with Gasteiger partial charge in [-0.1, -0.05) is 0 Å². The Balaban J connectivity index is 1.58. The molecule has 2 aliphatic rings. The van der Waals surface area contributed by atoms with Gasteiger partial charge in [-0.25, -0.2) is 4.68 Å². The average molecular weight is 315 g/mol. The third kappa shape index (κ3) is 2.10. The van der Waals surface area contributed by atoms with Crippen LogP contribution >= 0.6 is 11.3 Å². The zero-order valence-electron chi connectivity index (χ0n) is 13.2. The van der Waals surface area contributed by atoms with Crippen LogP contribution in [0.25, 0.3) is 0 Å². The minimum atomic E-state index is 0.150. The number of hydrogen-bond donors (Lipinski definition) is 0. The molecule has 0 spiro atoms. The van der Waals surface area contributed by atoms with Crippen molar-refractivity contribution in [3.8, 4) is 0 Å². The summed E-state index contributed by atoms with van der Waals surface area (Å²) in [4.78, 5) is 17.7. The Labute approximate surface area is 134 Å². The first kappa shape index (κ1) is 14.0. The van der Waals surface area contributed by atoms with Crippen LogP contribution in [0.4, 0.5) is 5.82 Å². The van der Waals surface area contributed by atoms with Gasteiger partial charge in [0.2, 0.25) is 5.91 Å². The maximum atomic E-state index is 13.0. The van der Waals surface area contributed by atoms with Gasteiger partial charge in [0.05, 0.1) is 12.2 Å². The van der Waals surface area contributed by atoms with Crippen LogP contribution in [0.1, 0.15) is 48.4 Å². The molecular weight excluding hydrogens is 294 g/mol. The second kappa shape index (κ2) is 4.95. The molecule has 4 rings (SSSR count). The lowest BCUT2D eigenvalue weighted by Crippen LogP contribution is -2.45. The summed E-state index contributed by atoms with van der Waals surface area (Å²) >= 11 is 1.83. The lowest BCUT2D eigenvalue weighted by molar-refractivity contribution is -0.120. The molecule has 0 unspecified atom stereocenters. The molecular formula is C17H21N3OS. The molecule has 0 radical (unpaired) electrons. The van der Waals surface area contributed by atoms with Crippen molar-refractivity contribution in [1.82, 2.24) is 9.78 Å². The first-order chi connectivity index (χ1) is 10.6. The highest BCUT2D eigenvalue weighted by atomic mass is 32.1. The topological polar surface area (TPSA) is 38.1 Å². The quantitative estimate of drug-likeness (QED) is 0.846. The van der Waals surface area contributed by atoms with Crippen LogP contribution in [0.3, 0.4) is 0 Å². The summed E-state index contributed by atoms with van der Waals surface area (Å²) in [6.45, 7) is 6.45. The van der Waals surface area contributed by atoms with Crippen LogP contribution < -0.4 is 4.90 Å². The van der Waals surface area contributed by atoms with Gasteiger partial charge >= 0.3 is 0 Å². The van der Waals surface area contributed by atoms with Crippen molar-refractivity contribution in [1.29, 1.82) is 0 Å². The molecule has 116 valence electrons. The molecule has 0 aromatic carbocycles. The van der Waals surface area contributed by atoms with E-state index in [4.69, 9.17) is 0 Å². The number of rotatable bonds is 2. The maximum Gasteiger partial charge on any atom is 0.232 e. The van der Waals surface area contributed by atoms with Gasteiger partial charge in [-0.05, 0) is 45.7 Å². The van der Waals surface area contributed by atoms with Crippen LogP contribution in [0.5, 0.6) is 0 Å². The largest absolute Gasteiger partial charge is 0.294 e. The highest BCUT2D eigenvalue weighted by Crippen LogP contribution is 2.51. The summed E-state index contributed by atoms with van der Waals surface area (Å²) < 4.78 is 1.99. The van der Waals surface area contributed by atoms with E-state index in [1.807, 2.05) is 27.0 Å². The summed E-state index contributed by atoms with van der Waals surface area (Å²) in [7, 11) is 0. The van der Waals surface area contributed by atoms with Crippen molar-refractivity contribution < 1.29 is 4.79 Å². The SMILES string of the molecule is Cc1ccc([C@@H]2C[C@@H]2C(=O)N2c3ccnn3[C@H](C)C[C@H]2C)s1. The smallest absolute Gasteiger partial charge is 0.232 e. The third-order valence-electron chi connectivity index (χ3n) is 4.91. The van der Waals surface area contributed by atoms with E-state index in [1.165, 1.54) is 9.75 Å². The molecule has 2 aromatic rings. The van der Waals surface area contributed by atoms with Crippen molar-refractivity contribution in [2.75, 3.05) is 4.90 Å². The molecule has 4 atom stereocenters. The van der Waals surface area contributed by atoms with Crippen LogP contribution in [0.2, 0.25) is 0 Å². The van der Waals surface area contributed by atoms with E-state index in [-0.39, 0.29) is 17.9 Å². The highest BCUT2D eigenvalue weighted by Gasteiger charge is 2.48. The van der Waals surface area contributed by atoms with Crippen molar-refractivity contribution in [2.45, 2.75) is 51.6 Å². The van der Waals surface area contributed by atoms with Gasteiger partial charge in [0, 0.05) is 33.7 Å². The summed E-state index contributed by atoms with van der Waals surface area (Å²) in [5.74, 6) is 1.81. The first-order valence-corrected chi connectivity index (χ1v) is 8.81. The third-order valence-corrected chi connectivity index (χ3v) is 6.04. The maximum absolute atomic E-state index is 13.0. The number of carbonyl (C=O) groups is 1. The van der Waals surface area contributed by atoms with Crippen LogP contribution in [-0.2, 0) is 4.79 Å². The second-order valence-electron chi connectivity index (χ2n) is 6.67. The predicted octanol–water partition coefficient (Wildman–Crippen LogP) is 3.74. The van der Waals surface area contributed by atoms with Crippen molar-refractivity contribution in [3.63, 3.8) is 0 Å². The normalized spacial score (nSPS) is 30.2. The van der Waals surface area contributed by atoms with E-state index in [0.29, 0.717) is 12.0 Å². The number of amides is 1. The number of hydrogen-bond acceptors (Lipinski definition) is 3. The van der Waals surface area contributed by atoms with E-state index < -0.39 is 0 Å². The molecule has 1 amide bonds.